The van der Waals surface area contributed by atoms with E-state index in [-0.39, 0.29) is 10.6 Å². The number of amides is 2. The van der Waals surface area contributed by atoms with Crippen molar-refractivity contribution >= 4 is 27.7 Å². The second kappa shape index (κ2) is 7.77. The molecule has 2 rings (SSSR count). The van der Waals surface area contributed by atoms with Crippen molar-refractivity contribution in [2.75, 3.05) is 18.6 Å². The maximum atomic E-state index is 12.4. The molecule has 2 aromatic rings. The molecule has 2 aromatic carbocycles. The SMILES string of the molecule is COC(=O)N(C(=O)COc1ccccc1)c1ccc(S(N)(=O)=O)cc1. The molecule has 0 fully saturated rings. The van der Waals surface area contributed by atoms with Gasteiger partial charge < -0.3 is 9.47 Å². The molecule has 0 aliphatic carbocycles. The molecular weight excluding hydrogens is 348 g/mol. The van der Waals surface area contributed by atoms with E-state index in [9.17, 15) is 18.0 Å². The first-order valence-electron chi connectivity index (χ1n) is 7.04. The molecule has 8 nitrogen and oxygen atoms in total. The highest BCUT2D eigenvalue weighted by molar-refractivity contribution is 7.89. The average Bonchev–Trinajstić information content (AvgIpc) is 2.60. The van der Waals surface area contributed by atoms with Crippen molar-refractivity contribution in [2.24, 2.45) is 5.14 Å². The zero-order chi connectivity index (χ0) is 18.4. The number of hydrogen-bond acceptors (Lipinski definition) is 6. The van der Waals surface area contributed by atoms with Crippen LogP contribution in [0.3, 0.4) is 0 Å². The predicted molar refractivity (Wildman–Crippen MR) is 89.6 cm³/mol. The Morgan fingerprint density at radius 1 is 1.04 bits per heavy atom. The van der Waals surface area contributed by atoms with E-state index in [0.717, 1.165) is 12.0 Å². The van der Waals surface area contributed by atoms with Gasteiger partial charge >= 0.3 is 6.09 Å². The van der Waals surface area contributed by atoms with Crippen molar-refractivity contribution in [2.45, 2.75) is 4.90 Å². The molecule has 0 saturated heterocycles. The molecule has 0 radical (unpaired) electrons. The van der Waals surface area contributed by atoms with Gasteiger partial charge in [-0.05, 0) is 36.4 Å². The van der Waals surface area contributed by atoms with Crippen molar-refractivity contribution in [1.82, 2.24) is 0 Å². The molecule has 0 heterocycles. The van der Waals surface area contributed by atoms with Gasteiger partial charge in [-0.15, -0.1) is 0 Å². The van der Waals surface area contributed by atoms with E-state index in [1.165, 1.54) is 24.3 Å². The Balaban J connectivity index is 2.20. The Bertz CT molecular complexity index is 850. The van der Waals surface area contributed by atoms with E-state index >= 15 is 0 Å². The molecule has 0 bridgehead atoms. The van der Waals surface area contributed by atoms with Crippen LogP contribution >= 0.6 is 0 Å². The van der Waals surface area contributed by atoms with Crippen LogP contribution in [-0.4, -0.2) is 34.1 Å². The number of nitrogens with zero attached hydrogens (tertiary/aromatic N) is 1. The summed E-state index contributed by atoms with van der Waals surface area (Å²) in [6, 6.07) is 13.5. The summed E-state index contributed by atoms with van der Waals surface area (Å²) in [6.07, 6.45) is -0.926. The standard InChI is InChI=1S/C16H16N2O6S/c1-23-16(20)18(12-7-9-14(10-8-12)25(17,21)22)15(19)11-24-13-5-3-2-4-6-13/h2-10H,11H2,1H3,(H2,17,21,22). The van der Waals surface area contributed by atoms with Gasteiger partial charge in [-0.25, -0.2) is 23.3 Å². The van der Waals surface area contributed by atoms with Crippen LogP contribution in [0.15, 0.2) is 59.5 Å². The van der Waals surface area contributed by atoms with E-state index in [1.807, 2.05) is 0 Å². The Kier molecular flexibility index (Phi) is 5.73. The highest BCUT2D eigenvalue weighted by atomic mass is 32.2. The maximum Gasteiger partial charge on any atom is 0.421 e. The molecule has 132 valence electrons. The summed E-state index contributed by atoms with van der Waals surface area (Å²) >= 11 is 0. The maximum absolute atomic E-state index is 12.4. The number of primary sulfonamides is 1. The number of methoxy groups -OCH3 is 1. The summed E-state index contributed by atoms with van der Waals surface area (Å²) < 4.78 is 32.5. The second-order valence-corrected chi connectivity index (χ2v) is 6.40. The lowest BCUT2D eigenvalue weighted by atomic mass is 10.3. The molecule has 0 unspecified atom stereocenters. The van der Waals surface area contributed by atoms with Gasteiger partial charge in [0, 0.05) is 0 Å². The summed E-state index contributed by atoms with van der Waals surface area (Å²) in [6.45, 7) is -0.407. The topological polar surface area (TPSA) is 116 Å². The number of hydrogen-bond donors (Lipinski definition) is 1. The number of carbonyl (C=O) groups excluding carboxylic acids is 2. The fourth-order valence-electron chi connectivity index (χ4n) is 1.95. The molecule has 2 amide bonds. The van der Waals surface area contributed by atoms with Crippen molar-refractivity contribution < 1.29 is 27.5 Å². The number of para-hydroxylation sites is 1. The predicted octanol–water partition coefficient (Wildman–Crippen LogP) is 1.51. The quantitative estimate of drug-likeness (QED) is 0.860. The third-order valence-electron chi connectivity index (χ3n) is 3.14. The van der Waals surface area contributed by atoms with E-state index in [4.69, 9.17) is 9.88 Å². The minimum Gasteiger partial charge on any atom is -0.484 e. The fraction of sp³-hybridized carbons (Fsp3) is 0.125. The second-order valence-electron chi connectivity index (χ2n) is 4.84. The molecule has 0 aliphatic rings. The van der Waals surface area contributed by atoms with Crippen molar-refractivity contribution in [3.63, 3.8) is 0 Å². The van der Waals surface area contributed by atoms with E-state index < -0.39 is 28.6 Å². The van der Waals surface area contributed by atoms with Gasteiger partial charge in [0.1, 0.15) is 5.75 Å². The zero-order valence-electron chi connectivity index (χ0n) is 13.3. The Morgan fingerprint density at radius 3 is 2.16 bits per heavy atom. The first kappa shape index (κ1) is 18.4. The Morgan fingerprint density at radius 2 is 1.64 bits per heavy atom. The lowest BCUT2D eigenvalue weighted by molar-refractivity contribution is -0.120. The summed E-state index contributed by atoms with van der Waals surface area (Å²) in [4.78, 5) is 24.9. The van der Waals surface area contributed by atoms with Crippen LogP contribution in [0.25, 0.3) is 0 Å². The minimum absolute atomic E-state index is 0.126. The van der Waals surface area contributed by atoms with Crippen LogP contribution in [0.4, 0.5) is 10.5 Å². The summed E-state index contributed by atoms with van der Waals surface area (Å²) in [5.74, 6) is -0.218. The average molecular weight is 364 g/mol. The number of sulfonamides is 1. The number of benzene rings is 2. The van der Waals surface area contributed by atoms with Crippen molar-refractivity contribution in [3.8, 4) is 5.75 Å². The van der Waals surface area contributed by atoms with Crippen LogP contribution in [-0.2, 0) is 19.6 Å². The Labute approximate surface area is 144 Å². The Hall–Kier alpha value is -2.91. The van der Waals surface area contributed by atoms with Crippen molar-refractivity contribution in [3.05, 3.63) is 54.6 Å². The smallest absolute Gasteiger partial charge is 0.421 e. The van der Waals surface area contributed by atoms with Gasteiger partial charge in [0.25, 0.3) is 5.91 Å². The van der Waals surface area contributed by atoms with Gasteiger partial charge in [0.05, 0.1) is 17.7 Å². The molecule has 0 spiro atoms. The number of carbonyl (C=O) groups is 2. The fourth-order valence-corrected chi connectivity index (χ4v) is 2.47. The number of ether oxygens (including phenoxy) is 2. The van der Waals surface area contributed by atoms with Crippen LogP contribution in [0.1, 0.15) is 0 Å². The highest BCUT2D eigenvalue weighted by Crippen LogP contribution is 2.19. The summed E-state index contributed by atoms with van der Waals surface area (Å²) in [7, 11) is -2.76. The third-order valence-corrected chi connectivity index (χ3v) is 4.06. The molecule has 25 heavy (non-hydrogen) atoms. The van der Waals surface area contributed by atoms with E-state index in [2.05, 4.69) is 4.74 Å². The lowest BCUT2D eigenvalue weighted by Gasteiger charge is -2.19. The first-order chi connectivity index (χ1) is 11.8. The molecule has 0 aromatic heterocycles. The molecular formula is C16H16N2O6S. The van der Waals surface area contributed by atoms with Gasteiger partial charge in [-0.2, -0.15) is 0 Å². The normalized spacial score (nSPS) is 10.8. The molecule has 9 heteroatoms. The number of nitrogens with two attached hydrogens (primary N) is 1. The highest BCUT2D eigenvalue weighted by Gasteiger charge is 2.25. The van der Waals surface area contributed by atoms with Crippen LogP contribution in [0.2, 0.25) is 0 Å². The van der Waals surface area contributed by atoms with Crippen molar-refractivity contribution in [1.29, 1.82) is 0 Å². The van der Waals surface area contributed by atoms with Gasteiger partial charge in [0.2, 0.25) is 10.0 Å². The van der Waals surface area contributed by atoms with Crippen LogP contribution < -0.4 is 14.8 Å². The lowest BCUT2D eigenvalue weighted by Crippen LogP contribution is -2.40. The zero-order valence-corrected chi connectivity index (χ0v) is 14.1. The largest absolute Gasteiger partial charge is 0.484 e. The molecule has 2 N–H and O–H groups in total. The van der Waals surface area contributed by atoms with Crippen LogP contribution in [0.5, 0.6) is 5.75 Å². The minimum atomic E-state index is -3.88. The first-order valence-corrected chi connectivity index (χ1v) is 8.59. The van der Waals surface area contributed by atoms with E-state index in [0.29, 0.717) is 5.75 Å². The number of rotatable bonds is 5. The molecule has 0 saturated carbocycles. The van der Waals surface area contributed by atoms with Gasteiger partial charge in [-0.1, -0.05) is 18.2 Å². The van der Waals surface area contributed by atoms with E-state index in [1.54, 1.807) is 30.3 Å². The third kappa shape index (κ3) is 4.78. The molecule has 0 atom stereocenters. The summed E-state index contributed by atoms with van der Waals surface area (Å²) in [5, 5.41) is 5.02. The summed E-state index contributed by atoms with van der Waals surface area (Å²) in [5.41, 5.74) is 0.126. The number of anilines is 1. The van der Waals surface area contributed by atoms with Gasteiger partial charge in [0.15, 0.2) is 6.61 Å². The monoisotopic (exact) mass is 364 g/mol. The number of imide groups is 1. The van der Waals surface area contributed by atoms with Crippen LogP contribution in [0, 0.1) is 0 Å². The van der Waals surface area contributed by atoms with Gasteiger partial charge in [-0.3, -0.25) is 4.79 Å². The molecule has 0 aliphatic heterocycles.